The van der Waals surface area contributed by atoms with E-state index < -0.39 is 0 Å². The molecule has 0 rings (SSSR count). The molecule has 0 atom stereocenters. The molecule has 0 aromatic rings. The van der Waals surface area contributed by atoms with E-state index in [1.165, 1.54) is 4.91 Å². The number of nitrogens with two attached hydrogens (primary N) is 1. The highest BCUT2D eigenvalue weighted by molar-refractivity contribution is 8.02. The van der Waals surface area contributed by atoms with Gasteiger partial charge in [-0.25, -0.2) is 0 Å². The van der Waals surface area contributed by atoms with Gasteiger partial charge in [-0.2, -0.15) is 0 Å². The van der Waals surface area contributed by atoms with Crippen molar-refractivity contribution in [2.75, 3.05) is 6.26 Å². The van der Waals surface area contributed by atoms with Crippen molar-refractivity contribution >= 4 is 11.8 Å². The Kier molecular flexibility index (Phi) is 4.32. The van der Waals surface area contributed by atoms with Gasteiger partial charge < -0.3 is 5.73 Å². The maximum atomic E-state index is 5.31. The van der Waals surface area contributed by atoms with E-state index in [0.717, 1.165) is 5.57 Å². The van der Waals surface area contributed by atoms with Crippen LogP contribution in [0.3, 0.4) is 0 Å². The number of allylic oxidation sites excluding steroid dienone is 2. The van der Waals surface area contributed by atoms with Gasteiger partial charge >= 0.3 is 0 Å². The lowest BCUT2D eigenvalue weighted by molar-refractivity contribution is 1.41. The van der Waals surface area contributed by atoms with Gasteiger partial charge in [0, 0.05) is 4.91 Å². The summed E-state index contributed by atoms with van der Waals surface area (Å²) >= 11 is 1.72. The number of hydrogen-bond donors (Lipinski definition) is 1. The summed E-state index contributed by atoms with van der Waals surface area (Å²) in [7, 11) is 0. The molecular formula is C7H13NS. The Labute approximate surface area is 61.0 Å². The van der Waals surface area contributed by atoms with Crippen LogP contribution in [0.25, 0.3) is 0 Å². The van der Waals surface area contributed by atoms with Crippen LogP contribution in [0.4, 0.5) is 0 Å². The molecule has 0 fully saturated rings. The quantitative estimate of drug-likeness (QED) is 0.599. The topological polar surface area (TPSA) is 26.0 Å². The van der Waals surface area contributed by atoms with Gasteiger partial charge in [-0.3, -0.25) is 0 Å². The highest BCUT2D eigenvalue weighted by atomic mass is 32.2. The maximum Gasteiger partial charge on any atom is 0.00699 e. The molecule has 0 aromatic heterocycles. The zero-order chi connectivity index (χ0) is 7.28. The molecule has 0 spiro atoms. The van der Waals surface area contributed by atoms with E-state index in [0.29, 0.717) is 0 Å². The fourth-order valence-electron chi connectivity index (χ4n) is 0.589. The minimum atomic E-state index is 1.14. The first-order valence-corrected chi connectivity index (χ1v) is 4.08. The average molecular weight is 143 g/mol. The minimum absolute atomic E-state index is 1.14. The molecule has 52 valence electrons. The molecule has 0 aliphatic carbocycles. The summed E-state index contributed by atoms with van der Waals surface area (Å²) in [6.07, 6.45) is 5.73. The van der Waals surface area contributed by atoms with E-state index in [1.54, 1.807) is 18.0 Å². The molecule has 9 heavy (non-hydrogen) atoms. The van der Waals surface area contributed by atoms with Crippen LogP contribution < -0.4 is 5.73 Å². The molecule has 2 N–H and O–H groups in total. The van der Waals surface area contributed by atoms with Gasteiger partial charge in [0.2, 0.25) is 0 Å². The molecule has 0 aromatic carbocycles. The monoisotopic (exact) mass is 143 g/mol. The third-order valence-electron chi connectivity index (χ3n) is 1.12. The molecule has 2 heteroatoms. The van der Waals surface area contributed by atoms with Crippen LogP contribution in [0, 0.1) is 0 Å². The Morgan fingerprint density at radius 2 is 2.11 bits per heavy atom. The van der Waals surface area contributed by atoms with Crippen LogP contribution in [0.15, 0.2) is 22.8 Å². The van der Waals surface area contributed by atoms with E-state index >= 15 is 0 Å². The second-order valence-corrected chi connectivity index (χ2v) is 2.55. The van der Waals surface area contributed by atoms with Crippen molar-refractivity contribution in [1.82, 2.24) is 0 Å². The van der Waals surface area contributed by atoms with E-state index in [4.69, 9.17) is 5.73 Å². The van der Waals surface area contributed by atoms with Crippen LogP contribution in [0.1, 0.15) is 13.8 Å². The maximum absolute atomic E-state index is 5.31. The summed E-state index contributed by atoms with van der Waals surface area (Å²) in [5.74, 6) is 0. The van der Waals surface area contributed by atoms with Crippen molar-refractivity contribution in [2.45, 2.75) is 13.8 Å². The smallest absolute Gasteiger partial charge is 0.00699 e. The molecule has 0 saturated carbocycles. The highest BCUT2D eigenvalue weighted by Crippen LogP contribution is 2.19. The van der Waals surface area contributed by atoms with Crippen molar-refractivity contribution < 1.29 is 0 Å². The standard InChI is InChI=1S/C7H13NS/c1-4-7(9-3)6(2)5-8/h4-5H,8H2,1-3H3/b6-5-,7-4+. The average Bonchev–Trinajstić information content (AvgIpc) is 1.90. The predicted molar refractivity (Wildman–Crippen MR) is 45.2 cm³/mol. The summed E-state index contributed by atoms with van der Waals surface area (Å²) in [6.45, 7) is 4.02. The molecule has 0 aliphatic heterocycles. The number of thioether (sulfide) groups is 1. The zero-order valence-corrected chi connectivity index (χ0v) is 6.96. The Morgan fingerprint density at radius 1 is 1.56 bits per heavy atom. The minimum Gasteiger partial charge on any atom is -0.404 e. The van der Waals surface area contributed by atoms with Gasteiger partial charge in [-0.15, -0.1) is 11.8 Å². The third-order valence-corrected chi connectivity index (χ3v) is 2.12. The second-order valence-electron chi connectivity index (χ2n) is 1.71. The van der Waals surface area contributed by atoms with E-state index in [9.17, 15) is 0 Å². The zero-order valence-electron chi connectivity index (χ0n) is 6.14. The molecule has 0 saturated heterocycles. The molecule has 0 bridgehead atoms. The van der Waals surface area contributed by atoms with E-state index in [1.807, 2.05) is 20.1 Å². The van der Waals surface area contributed by atoms with Gasteiger partial charge in [0.1, 0.15) is 0 Å². The second kappa shape index (κ2) is 4.50. The summed E-state index contributed by atoms with van der Waals surface area (Å²) in [5, 5.41) is 0. The molecule has 0 unspecified atom stereocenters. The van der Waals surface area contributed by atoms with Crippen molar-refractivity contribution in [3.05, 3.63) is 22.8 Å². The van der Waals surface area contributed by atoms with Gasteiger partial charge in [-0.1, -0.05) is 6.08 Å². The van der Waals surface area contributed by atoms with Gasteiger partial charge in [0.15, 0.2) is 0 Å². The van der Waals surface area contributed by atoms with Gasteiger partial charge in [0.25, 0.3) is 0 Å². The van der Waals surface area contributed by atoms with E-state index in [2.05, 4.69) is 6.08 Å². The third kappa shape index (κ3) is 2.61. The van der Waals surface area contributed by atoms with Crippen molar-refractivity contribution in [3.8, 4) is 0 Å². The van der Waals surface area contributed by atoms with Crippen LogP contribution in [-0.2, 0) is 0 Å². The van der Waals surface area contributed by atoms with Gasteiger partial charge in [0.05, 0.1) is 0 Å². The number of rotatable bonds is 2. The lowest BCUT2D eigenvalue weighted by atomic mass is 10.3. The van der Waals surface area contributed by atoms with Gasteiger partial charge in [-0.05, 0) is 31.9 Å². The summed E-state index contributed by atoms with van der Waals surface area (Å²) in [5.41, 5.74) is 6.45. The normalized spacial score (nSPS) is 14.1. The van der Waals surface area contributed by atoms with Crippen LogP contribution in [-0.4, -0.2) is 6.26 Å². The highest BCUT2D eigenvalue weighted by Gasteiger charge is 1.92. The van der Waals surface area contributed by atoms with Crippen LogP contribution in [0.5, 0.6) is 0 Å². The Morgan fingerprint density at radius 3 is 2.22 bits per heavy atom. The van der Waals surface area contributed by atoms with E-state index in [-0.39, 0.29) is 0 Å². The fourth-order valence-corrected chi connectivity index (χ4v) is 1.21. The largest absolute Gasteiger partial charge is 0.404 e. The van der Waals surface area contributed by atoms with Crippen molar-refractivity contribution in [3.63, 3.8) is 0 Å². The fraction of sp³-hybridized carbons (Fsp3) is 0.429. The summed E-state index contributed by atoms with van der Waals surface area (Å²) in [6, 6.07) is 0. The molecular weight excluding hydrogens is 130 g/mol. The molecule has 0 aliphatic rings. The first-order valence-electron chi connectivity index (χ1n) is 2.85. The summed E-state index contributed by atoms with van der Waals surface area (Å²) < 4.78 is 0. The van der Waals surface area contributed by atoms with Crippen LogP contribution >= 0.6 is 11.8 Å². The molecule has 0 heterocycles. The number of hydrogen-bond acceptors (Lipinski definition) is 2. The molecule has 1 nitrogen and oxygen atoms in total. The molecule has 0 radical (unpaired) electrons. The summed E-state index contributed by atoms with van der Waals surface area (Å²) in [4.78, 5) is 1.25. The Bertz CT molecular complexity index is 136. The Balaban J connectivity index is 4.14. The first kappa shape index (κ1) is 8.63. The Hall–Kier alpha value is -0.370. The predicted octanol–water partition coefficient (Wildman–Crippen LogP) is 2.12. The van der Waals surface area contributed by atoms with Crippen molar-refractivity contribution in [2.24, 2.45) is 5.73 Å². The SMILES string of the molecule is C/C=C(SC)\C(C)=C/N. The van der Waals surface area contributed by atoms with Crippen molar-refractivity contribution in [1.29, 1.82) is 0 Å². The lowest BCUT2D eigenvalue weighted by Crippen LogP contribution is -1.85. The molecule has 0 amide bonds. The lowest BCUT2D eigenvalue weighted by Gasteiger charge is -1.99. The van der Waals surface area contributed by atoms with Crippen LogP contribution in [0.2, 0.25) is 0 Å². The first-order chi connectivity index (χ1) is 4.26.